The molecule has 8 heteroatoms. The van der Waals surface area contributed by atoms with Crippen LogP contribution in [-0.2, 0) is 0 Å². The van der Waals surface area contributed by atoms with Crippen molar-refractivity contribution in [3.8, 4) is 11.3 Å². The van der Waals surface area contributed by atoms with Crippen LogP contribution < -0.4 is 0 Å². The number of alkyl halides is 2. The summed E-state index contributed by atoms with van der Waals surface area (Å²) in [6.07, 6.45) is 12.7. The normalized spacial score (nSPS) is 17.3. The minimum atomic E-state index is -1.31. The number of benzene rings is 1. The second-order valence-electron chi connectivity index (χ2n) is 6.58. The maximum atomic E-state index is 10.8. The molecule has 0 saturated heterocycles. The van der Waals surface area contributed by atoms with Gasteiger partial charge in [-0.3, -0.25) is 19.6 Å². The third-order valence-corrected chi connectivity index (χ3v) is 5.59. The van der Waals surface area contributed by atoms with Crippen LogP contribution in [0.15, 0.2) is 67.3 Å². The highest BCUT2D eigenvalue weighted by Gasteiger charge is 2.41. The van der Waals surface area contributed by atoms with E-state index in [9.17, 15) is 9.59 Å². The number of rotatable bonds is 5. The number of halogens is 2. The number of hydrogen-bond acceptors (Lipinski definition) is 6. The number of nitrogens with zero attached hydrogens (tertiary/aromatic N) is 4. The Bertz CT molecular complexity index is 1160. The molecule has 2 heterocycles. The zero-order valence-electron chi connectivity index (χ0n) is 15.4. The lowest BCUT2D eigenvalue weighted by molar-refractivity contribution is 0.111. The van der Waals surface area contributed by atoms with Crippen molar-refractivity contribution in [3.63, 3.8) is 0 Å². The van der Waals surface area contributed by atoms with Crippen LogP contribution in [-0.4, -0.2) is 36.8 Å². The van der Waals surface area contributed by atoms with Gasteiger partial charge in [0.25, 0.3) is 0 Å². The van der Waals surface area contributed by atoms with Crippen LogP contribution in [0.2, 0.25) is 0 Å². The maximum absolute atomic E-state index is 10.8. The smallest absolute Gasteiger partial charge is 0.170 e. The predicted octanol–water partition coefficient (Wildman–Crippen LogP) is 4.47. The molecule has 2 aromatic heterocycles. The molecule has 1 aliphatic rings. The van der Waals surface area contributed by atoms with Gasteiger partial charge in [-0.1, -0.05) is 59.6 Å². The number of hydrogen-bond donors (Lipinski definition) is 0. The van der Waals surface area contributed by atoms with E-state index in [1.54, 1.807) is 6.20 Å². The average Bonchev–Trinajstić information content (AvgIpc) is 2.79. The first-order chi connectivity index (χ1) is 14.5. The van der Waals surface area contributed by atoms with Gasteiger partial charge in [0, 0.05) is 11.8 Å². The van der Waals surface area contributed by atoms with Crippen molar-refractivity contribution in [2.24, 2.45) is 0 Å². The molecule has 3 aromatic rings. The van der Waals surface area contributed by atoms with E-state index >= 15 is 0 Å². The van der Waals surface area contributed by atoms with E-state index in [-0.39, 0.29) is 11.4 Å². The van der Waals surface area contributed by atoms with Crippen LogP contribution in [0.25, 0.3) is 16.8 Å². The van der Waals surface area contributed by atoms with Crippen LogP contribution >= 0.6 is 23.2 Å². The average molecular weight is 437 g/mol. The van der Waals surface area contributed by atoms with Crippen LogP contribution in [0, 0.1) is 0 Å². The third kappa shape index (κ3) is 3.79. The maximum Gasteiger partial charge on any atom is 0.170 e. The summed E-state index contributed by atoms with van der Waals surface area (Å²) in [5.74, 6) is -0.454. The second kappa shape index (κ2) is 8.26. The quantitative estimate of drug-likeness (QED) is 0.433. The van der Waals surface area contributed by atoms with Crippen molar-refractivity contribution >= 4 is 41.3 Å². The SMILES string of the molecule is O=Cc1cnc(-c2cccc(C3=CC=CC(c4cnc(C=O)cn4)C3(Cl)Cl)c2)cn1. The monoisotopic (exact) mass is 436 g/mol. The Balaban J connectivity index is 1.69. The fraction of sp³-hybridized carbons (Fsp3) is 0.0909. The van der Waals surface area contributed by atoms with E-state index in [4.69, 9.17) is 23.2 Å². The first-order valence-corrected chi connectivity index (χ1v) is 9.70. The van der Waals surface area contributed by atoms with Gasteiger partial charge in [-0.05, 0) is 17.2 Å². The first kappa shape index (κ1) is 20.1. The summed E-state index contributed by atoms with van der Waals surface area (Å²) >= 11 is 13.7. The van der Waals surface area contributed by atoms with E-state index in [0.717, 1.165) is 11.1 Å². The number of aldehydes is 2. The van der Waals surface area contributed by atoms with Crippen molar-refractivity contribution in [2.45, 2.75) is 10.3 Å². The predicted molar refractivity (Wildman–Crippen MR) is 115 cm³/mol. The van der Waals surface area contributed by atoms with E-state index in [2.05, 4.69) is 19.9 Å². The molecule has 0 N–H and O–H groups in total. The highest BCUT2D eigenvalue weighted by Crippen LogP contribution is 2.50. The fourth-order valence-corrected chi connectivity index (χ4v) is 3.91. The van der Waals surface area contributed by atoms with Crippen LogP contribution in [0.5, 0.6) is 0 Å². The fourth-order valence-electron chi connectivity index (χ4n) is 3.20. The van der Waals surface area contributed by atoms with E-state index in [1.807, 2.05) is 42.5 Å². The van der Waals surface area contributed by atoms with Crippen molar-refractivity contribution in [3.05, 3.63) is 89.9 Å². The Hall–Kier alpha value is -3.22. The van der Waals surface area contributed by atoms with Gasteiger partial charge in [0.05, 0.1) is 35.9 Å². The Morgan fingerprint density at radius 3 is 2.20 bits per heavy atom. The highest BCUT2D eigenvalue weighted by molar-refractivity contribution is 6.55. The topological polar surface area (TPSA) is 85.7 Å². The molecule has 0 bridgehead atoms. The largest absolute Gasteiger partial charge is 0.296 e. The summed E-state index contributed by atoms with van der Waals surface area (Å²) < 4.78 is -1.31. The van der Waals surface area contributed by atoms with E-state index in [0.29, 0.717) is 29.5 Å². The van der Waals surface area contributed by atoms with Crippen molar-refractivity contribution in [2.75, 3.05) is 0 Å². The van der Waals surface area contributed by atoms with E-state index in [1.165, 1.54) is 18.6 Å². The van der Waals surface area contributed by atoms with Gasteiger partial charge < -0.3 is 0 Å². The summed E-state index contributed by atoms with van der Waals surface area (Å²) in [4.78, 5) is 38.3. The molecule has 148 valence electrons. The highest BCUT2D eigenvalue weighted by atomic mass is 35.5. The summed E-state index contributed by atoms with van der Waals surface area (Å²) in [6.45, 7) is 0. The van der Waals surface area contributed by atoms with Crippen molar-refractivity contribution in [1.82, 2.24) is 19.9 Å². The summed E-state index contributed by atoms with van der Waals surface area (Å²) in [5.41, 5.74) is 3.99. The van der Waals surface area contributed by atoms with E-state index < -0.39 is 10.3 Å². The first-order valence-electron chi connectivity index (χ1n) is 8.95. The van der Waals surface area contributed by atoms with Crippen LogP contribution in [0.3, 0.4) is 0 Å². The molecule has 1 unspecified atom stereocenters. The zero-order chi connectivity index (χ0) is 21.1. The van der Waals surface area contributed by atoms with Gasteiger partial charge in [0.1, 0.15) is 11.4 Å². The standard InChI is InChI=1S/C22H14Cl2N4O2/c23-22(24)18(5-2-6-19(22)21-11-26-17(13-30)9-28-21)14-3-1-4-15(7-14)20-10-25-16(12-29)8-27-20/h1-13,19H. The molecule has 1 atom stereocenters. The zero-order valence-corrected chi connectivity index (χ0v) is 17.0. The number of carbonyl (C=O) groups excluding carboxylic acids is 2. The Morgan fingerprint density at radius 2 is 1.57 bits per heavy atom. The molecule has 1 aromatic carbocycles. The molecule has 0 radical (unpaired) electrons. The van der Waals surface area contributed by atoms with Crippen molar-refractivity contribution in [1.29, 1.82) is 0 Å². The number of allylic oxidation sites excluding steroid dienone is 4. The molecule has 4 rings (SSSR count). The third-order valence-electron chi connectivity index (χ3n) is 4.71. The molecule has 6 nitrogen and oxygen atoms in total. The summed E-state index contributed by atoms with van der Waals surface area (Å²) in [6, 6.07) is 7.57. The van der Waals surface area contributed by atoms with Gasteiger partial charge in [0.15, 0.2) is 16.9 Å². The molecule has 0 fully saturated rings. The van der Waals surface area contributed by atoms with Crippen LogP contribution in [0.4, 0.5) is 0 Å². The van der Waals surface area contributed by atoms with Gasteiger partial charge in [-0.25, -0.2) is 9.97 Å². The summed E-state index contributed by atoms with van der Waals surface area (Å²) in [5, 5.41) is 0. The Kier molecular flexibility index (Phi) is 5.53. The Morgan fingerprint density at radius 1 is 0.867 bits per heavy atom. The molecular weight excluding hydrogens is 423 g/mol. The molecule has 0 spiro atoms. The lowest BCUT2D eigenvalue weighted by Crippen LogP contribution is -2.27. The number of aromatic nitrogens is 4. The molecule has 1 aliphatic carbocycles. The molecule has 0 saturated carbocycles. The van der Waals surface area contributed by atoms with Crippen molar-refractivity contribution < 1.29 is 9.59 Å². The molecule has 0 aliphatic heterocycles. The minimum absolute atomic E-state index is 0.235. The van der Waals surface area contributed by atoms with Gasteiger partial charge >= 0.3 is 0 Å². The Labute approximate surface area is 182 Å². The second-order valence-corrected chi connectivity index (χ2v) is 7.96. The van der Waals surface area contributed by atoms with Crippen LogP contribution in [0.1, 0.15) is 38.2 Å². The minimum Gasteiger partial charge on any atom is -0.296 e. The molecule has 0 amide bonds. The molecular formula is C22H14Cl2N4O2. The lowest BCUT2D eigenvalue weighted by Gasteiger charge is -2.32. The van der Waals surface area contributed by atoms with Gasteiger partial charge in [-0.15, -0.1) is 0 Å². The van der Waals surface area contributed by atoms with Gasteiger partial charge in [-0.2, -0.15) is 0 Å². The lowest BCUT2D eigenvalue weighted by atomic mass is 9.86. The molecule has 30 heavy (non-hydrogen) atoms. The summed E-state index contributed by atoms with van der Waals surface area (Å²) in [7, 11) is 0. The van der Waals surface area contributed by atoms with Gasteiger partial charge in [0.2, 0.25) is 0 Å². The number of carbonyl (C=O) groups is 2.